The third-order valence-corrected chi connectivity index (χ3v) is 3.96. The normalized spacial score (nSPS) is 10.0. The van der Waals surface area contributed by atoms with Gasteiger partial charge in [0.2, 0.25) is 0 Å². The molecule has 0 saturated heterocycles. The molecule has 0 atom stereocenters. The first kappa shape index (κ1) is 19.1. The molecular formula is C19H16FIO4. The number of hydrogen-bond donors (Lipinski definition) is 0. The van der Waals surface area contributed by atoms with Crippen LogP contribution in [-0.2, 0) is 11.3 Å². The first-order valence-corrected chi connectivity index (χ1v) is 8.57. The summed E-state index contributed by atoms with van der Waals surface area (Å²) in [5.74, 6) is 2.19. The fourth-order valence-electron chi connectivity index (χ4n) is 2.04. The van der Waals surface area contributed by atoms with Crippen molar-refractivity contribution in [1.29, 1.82) is 0 Å². The highest BCUT2D eigenvalue weighted by molar-refractivity contribution is 14.1. The van der Waals surface area contributed by atoms with E-state index in [1.54, 1.807) is 24.3 Å². The molecule has 0 saturated carbocycles. The lowest BCUT2D eigenvalue weighted by Crippen LogP contribution is -2.08. The van der Waals surface area contributed by atoms with Crippen molar-refractivity contribution < 1.29 is 23.4 Å². The minimum Gasteiger partial charge on any atom is -0.490 e. The summed E-state index contributed by atoms with van der Waals surface area (Å²) >= 11 is 2.03. The summed E-state index contributed by atoms with van der Waals surface area (Å²) in [6.07, 6.45) is 5.09. The Hall–Kier alpha value is -2.27. The smallest absolute Gasteiger partial charge is 0.339 e. The molecule has 0 aliphatic heterocycles. The van der Waals surface area contributed by atoms with Crippen molar-refractivity contribution in [2.24, 2.45) is 0 Å². The number of carbonyl (C=O) groups is 1. The first-order valence-electron chi connectivity index (χ1n) is 7.50. The Kier molecular flexibility index (Phi) is 7.07. The Morgan fingerprint density at radius 2 is 2.04 bits per heavy atom. The number of esters is 1. The van der Waals surface area contributed by atoms with Crippen LogP contribution in [-0.4, -0.2) is 19.2 Å². The summed E-state index contributed by atoms with van der Waals surface area (Å²) in [5.41, 5.74) is 0.736. The molecule has 0 amide bonds. The standard InChI is InChI=1S/C19H16FIO4/c1-3-9-24-19(22)14-10-16(21)18(17(11-14)23-4-2)25-12-13-7-5-6-8-15(13)20/h1,5-8,10-11H,4,9,12H2,2H3. The summed E-state index contributed by atoms with van der Waals surface area (Å²) in [7, 11) is 0. The van der Waals surface area contributed by atoms with E-state index in [-0.39, 0.29) is 19.0 Å². The summed E-state index contributed by atoms with van der Waals surface area (Å²) in [6.45, 7) is 2.14. The van der Waals surface area contributed by atoms with Gasteiger partial charge in [0.15, 0.2) is 18.1 Å². The zero-order chi connectivity index (χ0) is 18.2. The van der Waals surface area contributed by atoms with E-state index in [2.05, 4.69) is 5.92 Å². The largest absolute Gasteiger partial charge is 0.490 e. The number of carbonyl (C=O) groups excluding carboxylic acids is 1. The van der Waals surface area contributed by atoms with Crippen LogP contribution >= 0.6 is 22.6 Å². The lowest BCUT2D eigenvalue weighted by atomic mass is 10.2. The van der Waals surface area contributed by atoms with Gasteiger partial charge in [-0.1, -0.05) is 24.1 Å². The maximum absolute atomic E-state index is 13.7. The zero-order valence-electron chi connectivity index (χ0n) is 13.6. The van der Waals surface area contributed by atoms with E-state index in [1.807, 2.05) is 29.5 Å². The average Bonchev–Trinajstić information content (AvgIpc) is 2.60. The lowest BCUT2D eigenvalue weighted by molar-refractivity contribution is 0.0556. The highest BCUT2D eigenvalue weighted by atomic mass is 127. The van der Waals surface area contributed by atoms with E-state index in [0.717, 1.165) is 0 Å². The van der Waals surface area contributed by atoms with E-state index in [1.165, 1.54) is 12.1 Å². The van der Waals surface area contributed by atoms with Crippen LogP contribution in [0, 0.1) is 21.7 Å². The van der Waals surface area contributed by atoms with Crippen LogP contribution in [0.2, 0.25) is 0 Å². The van der Waals surface area contributed by atoms with Gasteiger partial charge in [0, 0.05) is 5.56 Å². The zero-order valence-corrected chi connectivity index (χ0v) is 15.7. The van der Waals surface area contributed by atoms with Crippen LogP contribution in [0.1, 0.15) is 22.8 Å². The van der Waals surface area contributed by atoms with E-state index in [0.29, 0.717) is 32.8 Å². The SMILES string of the molecule is C#CCOC(=O)c1cc(I)c(OCc2ccccc2F)c(OCC)c1. The van der Waals surface area contributed by atoms with Crippen molar-refractivity contribution in [1.82, 2.24) is 0 Å². The first-order chi connectivity index (χ1) is 12.1. The molecule has 0 aromatic heterocycles. The maximum Gasteiger partial charge on any atom is 0.339 e. The number of benzene rings is 2. The van der Waals surface area contributed by atoms with Gasteiger partial charge < -0.3 is 14.2 Å². The molecule has 0 aliphatic carbocycles. The van der Waals surface area contributed by atoms with Crippen molar-refractivity contribution in [3.05, 3.63) is 56.9 Å². The monoisotopic (exact) mass is 454 g/mol. The molecule has 0 spiro atoms. The number of ether oxygens (including phenoxy) is 3. The van der Waals surface area contributed by atoms with Gasteiger partial charge in [0.1, 0.15) is 12.4 Å². The molecule has 130 valence electrons. The third kappa shape index (κ3) is 5.10. The van der Waals surface area contributed by atoms with Gasteiger partial charge >= 0.3 is 5.97 Å². The molecule has 0 unspecified atom stereocenters. The van der Waals surface area contributed by atoms with E-state index >= 15 is 0 Å². The summed E-state index contributed by atoms with van der Waals surface area (Å²) in [4.78, 5) is 12.0. The van der Waals surface area contributed by atoms with Crippen LogP contribution in [0.25, 0.3) is 0 Å². The van der Waals surface area contributed by atoms with Crippen molar-refractivity contribution in [3.63, 3.8) is 0 Å². The second kappa shape index (κ2) is 9.28. The third-order valence-electron chi connectivity index (χ3n) is 3.16. The number of hydrogen-bond acceptors (Lipinski definition) is 4. The lowest BCUT2D eigenvalue weighted by Gasteiger charge is -2.15. The Labute approximate surface area is 159 Å². The Bertz CT molecular complexity index is 798. The predicted octanol–water partition coefficient (Wildman–Crippen LogP) is 4.20. The molecule has 0 aliphatic rings. The average molecular weight is 454 g/mol. The summed E-state index contributed by atoms with van der Waals surface area (Å²) < 4.78 is 30.6. The molecule has 25 heavy (non-hydrogen) atoms. The molecule has 0 radical (unpaired) electrons. The predicted molar refractivity (Wildman–Crippen MR) is 100 cm³/mol. The Morgan fingerprint density at radius 1 is 1.28 bits per heavy atom. The highest BCUT2D eigenvalue weighted by Crippen LogP contribution is 2.35. The van der Waals surface area contributed by atoms with E-state index < -0.39 is 5.97 Å². The molecule has 0 heterocycles. The molecule has 0 N–H and O–H groups in total. The number of halogens is 2. The van der Waals surface area contributed by atoms with Crippen LogP contribution in [0.3, 0.4) is 0 Å². The summed E-state index contributed by atoms with van der Waals surface area (Å²) in [5, 5.41) is 0. The quantitative estimate of drug-likeness (QED) is 0.358. The van der Waals surface area contributed by atoms with Crippen LogP contribution < -0.4 is 9.47 Å². The van der Waals surface area contributed by atoms with Crippen molar-refractivity contribution in [2.45, 2.75) is 13.5 Å². The Morgan fingerprint density at radius 3 is 2.72 bits per heavy atom. The second-order valence-electron chi connectivity index (χ2n) is 4.88. The van der Waals surface area contributed by atoms with Gasteiger partial charge in [-0.15, -0.1) is 6.42 Å². The maximum atomic E-state index is 13.7. The van der Waals surface area contributed by atoms with Crippen LogP contribution in [0.4, 0.5) is 4.39 Å². The fourth-order valence-corrected chi connectivity index (χ4v) is 2.80. The van der Waals surface area contributed by atoms with Gasteiger partial charge in [-0.2, -0.15) is 0 Å². The molecule has 0 bridgehead atoms. The van der Waals surface area contributed by atoms with Gasteiger partial charge in [-0.25, -0.2) is 9.18 Å². The minimum absolute atomic E-state index is 0.0453. The topological polar surface area (TPSA) is 44.8 Å². The minimum atomic E-state index is -0.544. The van der Waals surface area contributed by atoms with Crippen molar-refractivity contribution in [3.8, 4) is 23.8 Å². The number of terminal acetylenes is 1. The Balaban J connectivity index is 2.26. The second-order valence-corrected chi connectivity index (χ2v) is 6.04. The molecule has 4 nitrogen and oxygen atoms in total. The van der Waals surface area contributed by atoms with Crippen molar-refractivity contribution >= 4 is 28.6 Å². The molecular weight excluding hydrogens is 438 g/mol. The van der Waals surface area contributed by atoms with E-state index in [4.69, 9.17) is 20.6 Å². The highest BCUT2D eigenvalue weighted by Gasteiger charge is 2.17. The molecule has 2 rings (SSSR count). The number of rotatable bonds is 7. The van der Waals surface area contributed by atoms with Gasteiger partial charge in [0.05, 0.1) is 15.7 Å². The van der Waals surface area contributed by atoms with E-state index in [9.17, 15) is 9.18 Å². The van der Waals surface area contributed by atoms with Gasteiger partial charge in [0.25, 0.3) is 0 Å². The molecule has 2 aromatic rings. The molecule has 6 heteroatoms. The van der Waals surface area contributed by atoms with Gasteiger partial charge in [-0.3, -0.25) is 0 Å². The molecule has 0 fully saturated rings. The summed E-state index contributed by atoms with van der Waals surface area (Å²) in [6, 6.07) is 9.51. The van der Waals surface area contributed by atoms with Gasteiger partial charge in [-0.05, 0) is 47.7 Å². The van der Waals surface area contributed by atoms with Crippen molar-refractivity contribution in [2.75, 3.05) is 13.2 Å². The fraction of sp³-hybridized carbons (Fsp3) is 0.211. The molecule has 2 aromatic carbocycles. The van der Waals surface area contributed by atoms with Crippen LogP contribution in [0.15, 0.2) is 36.4 Å². The van der Waals surface area contributed by atoms with Crippen LogP contribution in [0.5, 0.6) is 11.5 Å².